The van der Waals surface area contributed by atoms with E-state index in [9.17, 15) is 5.11 Å². The van der Waals surface area contributed by atoms with E-state index in [4.69, 9.17) is 33.7 Å². The number of aromatic hydroxyl groups is 1. The summed E-state index contributed by atoms with van der Waals surface area (Å²) in [5, 5.41) is 14.2. The van der Waals surface area contributed by atoms with Crippen molar-refractivity contribution in [2.75, 3.05) is 7.11 Å². The molecule has 0 saturated heterocycles. The quantitative estimate of drug-likeness (QED) is 0.324. The third kappa shape index (κ3) is 5.83. The Hall–Kier alpha value is -1.38. The summed E-state index contributed by atoms with van der Waals surface area (Å²) in [4.78, 5) is 4.24. The zero-order valence-corrected chi connectivity index (χ0v) is 17.6. The largest absolute Gasteiger partial charge is 0.504 e. The van der Waals surface area contributed by atoms with Gasteiger partial charge in [-0.15, -0.1) is 24.0 Å². The Bertz CT molecular complexity index is 757. The van der Waals surface area contributed by atoms with E-state index in [1.54, 1.807) is 30.3 Å². The fraction of sp³-hybridized carbons (Fsp3) is 0.235. The summed E-state index contributed by atoms with van der Waals surface area (Å²) in [7, 11) is 1.50. The first-order valence-electron chi connectivity index (χ1n) is 7.28. The van der Waals surface area contributed by atoms with E-state index in [1.165, 1.54) is 7.11 Å². The number of para-hydroxylation sites is 1. The summed E-state index contributed by atoms with van der Waals surface area (Å²) in [5.41, 5.74) is 7.40. The van der Waals surface area contributed by atoms with Gasteiger partial charge < -0.3 is 20.9 Å². The van der Waals surface area contributed by atoms with Crippen LogP contribution in [0.1, 0.15) is 24.1 Å². The lowest BCUT2D eigenvalue weighted by atomic mass is 10.1. The van der Waals surface area contributed by atoms with Crippen LogP contribution in [0.15, 0.2) is 41.4 Å². The molecule has 2 aromatic rings. The van der Waals surface area contributed by atoms with Crippen LogP contribution in [-0.2, 0) is 6.54 Å². The predicted molar refractivity (Wildman–Crippen MR) is 113 cm³/mol. The molecule has 0 aliphatic rings. The Balaban J connectivity index is 0.00000312. The molecule has 0 radical (unpaired) electrons. The lowest BCUT2D eigenvalue weighted by molar-refractivity contribution is 0.370. The van der Waals surface area contributed by atoms with E-state index in [0.717, 1.165) is 5.56 Å². The highest BCUT2D eigenvalue weighted by Gasteiger charge is 2.11. The number of hydrogen-bond acceptors (Lipinski definition) is 3. The molecule has 8 heteroatoms. The van der Waals surface area contributed by atoms with Gasteiger partial charge in [-0.1, -0.05) is 41.4 Å². The van der Waals surface area contributed by atoms with Crippen LogP contribution in [0.2, 0.25) is 10.0 Å². The van der Waals surface area contributed by atoms with E-state index in [-0.39, 0.29) is 48.3 Å². The van der Waals surface area contributed by atoms with Gasteiger partial charge in [0, 0.05) is 15.6 Å². The molecule has 0 amide bonds. The van der Waals surface area contributed by atoms with E-state index >= 15 is 0 Å². The predicted octanol–water partition coefficient (Wildman–Crippen LogP) is 4.49. The van der Waals surface area contributed by atoms with Crippen molar-refractivity contribution in [3.8, 4) is 11.5 Å². The Morgan fingerprint density at radius 1 is 1.32 bits per heavy atom. The third-order valence-corrected chi connectivity index (χ3v) is 4.08. The maximum absolute atomic E-state index is 10.0. The molecule has 25 heavy (non-hydrogen) atoms. The van der Waals surface area contributed by atoms with Crippen molar-refractivity contribution in [2.24, 2.45) is 10.7 Å². The Morgan fingerprint density at radius 3 is 2.68 bits per heavy atom. The number of nitrogens with zero attached hydrogens (tertiary/aromatic N) is 1. The minimum Gasteiger partial charge on any atom is -0.504 e. The smallest absolute Gasteiger partial charge is 0.189 e. The van der Waals surface area contributed by atoms with Crippen molar-refractivity contribution in [3.63, 3.8) is 0 Å². The van der Waals surface area contributed by atoms with Crippen LogP contribution in [0.3, 0.4) is 0 Å². The Labute approximate surface area is 174 Å². The van der Waals surface area contributed by atoms with Crippen molar-refractivity contribution in [1.82, 2.24) is 5.32 Å². The number of methoxy groups -OCH3 is 1. The number of nitrogens with one attached hydrogen (secondary N) is 1. The summed E-state index contributed by atoms with van der Waals surface area (Å²) >= 11 is 12.1. The molecule has 0 fully saturated rings. The van der Waals surface area contributed by atoms with E-state index < -0.39 is 0 Å². The molecule has 0 saturated carbocycles. The van der Waals surface area contributed by atoms with Crippen LogP contribution in [-0.4, -0.2) is 18.2 Å². The van der Waals surface area contributed by atoms with Gasteiger partial charge in [0.1, 0.15) is 0 Å². The summed E-state index contributed by atoms with van der Waals surface area (Å²) in [6.07, 6.45) is 0. The highest BCUT2D eigenvalue weighted by atomic mass is 127. The van der Waals surface area contributed by atoms with Crippen molar-refractivity contribution < 1.29 is 9.84 Å². The number of phenolic OH excluding ortho intramolecular Hbond substituents is 1. The molecule has 136 valence electrons. The van der Waals surface area contributed by atoms with Gasteiger partial charge in [0.25, 0.3) is 0 Å². The molecule has 5 nitrogen and oxygen atoms in total. The van der Waals surface area contributed by atoms with Gasteiger partial charge in [-0.05, 0) is 30.7 Å². The monoisotopic (exact) mass is 495 g/mol. The summed E-state index contributed by atoms with van der Waals surface area (Å²) in [5.74, 6) is 0.705. The van der Waals surface area contributed by atoms with Crippen molar-refractivity contribution in [2.45, 2.75) is 19.5 Å². The number of ether oxygens (including phenoxy) is 1. The van der Waals surface area contributed by atoms with Crippen LogP contribution in [0, 0.1) is 0 Å². The molecule has 0 aromatic heterocycles. The number of nitrogens with two attached hydrogens (primary N) is 1. The first-order valence-corrected chi connectivity index (χ1v) is 8.04. The standard InChI is InChI=1S/C17H19Cl2N3O2.HI/c1-10(13-7-6-12(18)8-14(13)19)22-17(20)21-9-11-4-3-5-15(24-2)16(11)23;/h3-8,10,23H,9H2,1-2H3,(H3,20,21,22);1H. The lowest BCUT2D eigenvalue weighted by Crippen LogP contribution is -2.34. The van der Waals surface area contributed by atoms with Crippen molar-refractivity contribution >= 4 is 53.1 Å². The summed E-state index contributed by atoms with van der Waals surface area (Å²) in [6.45, 7) is 2.14. The highest BCUT2D eigenvalue weighted by molar-refractivity contribution is 14.0. The first-order chi connectivity index (χ1) is 11.4. The number of hydrogen-bond donors (Lipinski definition) is 3. The topological polar surface area (TPSA) is 79.9 Å². The average molecular weight is 496 g/mol. The molecule has 1 unspecified atom stereocenters. The van der Waals surface area contributed by atoms with Gasteiger partial charge in [-0.25, -0.2) is 4.99 Å². The van der Waals surface area contributed by atoms with Crippen LogP contribution in [0.5, 0.6) is 11.5 Å². The van der Waals surface area contributed by atoms with E-state index in [2.05, 4.69) is 10.3 Å². The molecule has 4 N–H and O–H groups in total. The average Bonchev–Trinajstić information content (AvgIpc) is 2.53. The van der Waals surface area contributed by atoms with Gasteiger partial charge in [-0.2, -0.15) is 0 Å². The number of aliphatic imine (C=N–C) groups is 1. The number of phenols is 1. The summed E-state index contributed by atoms with van der Waals surface area (Å²) < 4.78 is 5.07. The normalized spacial score (nSPS) is 12.2. The number of benzene rings is 2. The summed E-state index contributed by atoms with van der Waals surface area (Å²) in [6, 6.07) is 10.4. The number of guanidine groups is 1. The molecule has 2 aromatic carbocycles. The molecule has 0 heterocycles. The van der Waals surface area contributed by atoms with Crippen molar-refractivity contribution in [3.05, 3.63) is 57.6 Å². The second-order valence-corrected chi connectivity index (χ2v) is 6.04. The van der Waals surface area contributed by atoms with Crippen molar-refractivity contribution in [1.29, 1.82) is 0 Å². The van der Waals surface area contributed by atoms with Crippen LogP contribution in [0.25, 0.3) is 0 Å². The zero-order valence-electron chi connectivity index (χ0n) is 13.8. The minimum atomic E-state index is -0.141. The van der Waals surface area contributed by atoms with Gasteiger partial charge in [0.05, 0.1) is 19.7 Å². The lowest BCUT2D eigenvalue weighted by Gasteiger charge is -2.16. The molecule has 0 bridgehead atoms. The van der Waals surface area contributed by atoms with Gasteiger partial charge in [0.15, 0.2) is 17.5 Å². The Morgan fingerprint density at radius 2 is 2.04 bits per heavy atom. The molecular weight excluding hydrogens is 476 g/mol. The fourth-order valence-electron chi connectivity index (χ4n) is 2.23. The SMILES string of the molecule is COc1cccc(CN=C(N)NC(C)c2ccc(Cl)cc2Cl)c1O.I. The first kappa shape index (κ1) is 21.7. The van der Waals surface area contributed by atoms with Gasteiger partial charge in [-0.3, -0.25) is 0 Å². The maximum atomic E-state index is 10.0. The van der Waals surface area contributed by atoms with Crippen LogP contribution < -0.4 is 15.8 Å². The minimum absolute atomic E-state index is 0. The van der Waals surface area contributed by atoms with E-state index in [1.807, 2.05) is 13.0 Å². The third-order valence-electron chi connectivity index (χ3n) is 3.52. The van der Waals surface area contributed by atoms with Gasteiger partial charge >= 0.3 is 0 Å². The van der Waals surface area contributed by atoms with Crippen LogP contribution >= 0.6 is 47.2 Å². The van der Waals surface area contributed by atoms with E-state index in [0.29, 0.717) is 21.4 Å². The van der Waals surface area contributed by atoms with Crippen LogP contribution in [0.4, 0.5) is 0 Å². The number of halogens is 3. The fourth-order valence-corrected chi connectivity index (χ4v) is 2.80. The maximum Gasteiger partial charge on any atom is 0.189 e. The zero-order chi connectivity index (χ0) is 17.7. The second kappa shape index (κ2) is 9.94. The molecular formula is C17H20Cl2IN3O2. The second-order valence-electron chi connectivity index (χ2n) is 5.20. The molecule has 0 aliphatic heterocycles. The van der Waals surface area contributed by atoms with Gasteiger partial charge in [0.2, 0.25) is 0 Å². The Kier molecular flexibility index (Phi) is 8.61. The highest BCUT2D eigenvalue weighted by Crippen LogP contribution is 2.30. The molecule has 1 atom stereocenters. The molecule has 0 aliphatic carbocycles. The molecule has 2 rings (SSSR count). The number of rotatable bonds is 5. The molecule has 0 spiro atoms.